The molecule has 1 aromatic carbocycles. The highest BCUT2D eigenvalue weighted by atomic mass is 16.3. The van der Waals surface area contributed by atoms with E-state index in [1.165, 1.54) is 25.1 Å². The number of nitrogens with one attached hydrogen (secondary N) is 1. The van der Waals surface area contributed by atoms with E-state index >= 15 is 0 Å². The third-order valence-corrected chi connectivity index (χ3v) is 4.41. The summed E-state index contributed by atoms with van der Waals surface area (Å²) in [6, 6.07) is 4.68. The predicted octanol–water partition coefficient (Wildman–Crippen LogP) is 1.47. The summed E-state index contributed by atoms with van der Waals surface area (Å²) in [6.45, 7) is 2.22. The number of benzene rings is 1. The van der Waals surface area contributed by atoms with Crippen molar-refractivity contribution < 1.29 is 25.0 Å². The van der Waals surface area contributed by atoms with Crippen LogP contribution in [0.3, 0.4) is 0 Å². The maximum absolute atomic E-state index is 13.0. The van der Waals surface area contributed by atoms with E-state index in [-0.39, 0.29) is 23.5 Å². The van der Waals surface area contributed by atoms with E-state index in [2.05, 4.69) is 5.32 Å². The molecule has 6 heteroatoms. The van der Waals surface area contributed by atoms with Crippen molar-refractivity contribution in [3.05, 3.63) is 35.4 Å². The van der Waals surface area contributed by atoms with Gasteiger partial charge in [0, 0.05) is 31.4 Å². The first-order valence-corrected chi connectivity index (χ1v) is 8.61. The van der Waals surface area contributed by atoms with Crippen LogP contribution in [-0.2, 0) is 20.8 Å². The molecule has 2 rings (SSSR count). The van der Waals surface area contributed by atoms with Gasteiger partial charge >= 0.3 is 0 Å². The first-order valence-electron chi connectivity index (χ1n) is 10.6. The van der Waals surface area contributed by atoms with Gasteiger partial charge in [0.1, 0.15) is 12.1 Å². The molecule has 142 valence electrons. The lowest BCUT2D eigenvalue weighted by molar-refractivity contribution is -0.137. The van der Waals surface area contributed by atoms with E-state index in [0.717, 1.165) is 7.05 Å². The molecule has 2 amide bonds. The fraction of sp³-hybridized carbons (Fsp3) is 0.550. The van der Waals surface area contributed by atoms with Crippen LogP contribution in [0.2, 0.25) is 0 Å². The Hall–Kier alpha value is -2.21. The third-order valence-electron chi connectivity index (χ3n) is 4.41. The number of aliphatic hydroxyl groups excluding tert-OH is 1. The topological polar surface area (TPSA) is 86.7 Å². The molecule has 1 aliphatic heterocycles. The molecule has 1 aliphatic rings. The lowest BCUT2D eigenvalue weighted by Crippen LogP contribution is -2.43. The second kappa shape index (κ2) is 8.45. The predicted molar refractivity (Wildman–Crippen MR) is 98.3 cm³/mol. The van der Waals surface area contributed by atoms with Gasteiger partial charge in [-0.15, -0.1) is 0 Å². The number of fused-ring (bicyclic) bond motifs is 1. The molecule has 0 fully saturated rings. The Kier molecular flexibility index (Phi) is 4.84. The first-order chi connectivity index (χ1) is 13.7. The minimum Gasteiger partial charge on any atom is -0.385 e. The molecule has 0 aliphatic carbocycles. The van der Waals surface area contributed by atoms with E-state index in [4.69, 9.17) is 5.48 Å². The standard InChI is InChI=1S/C20H28N2O4/c1-12(2)18(24)16(23)11-13(3)19(25)21-17-15-8-6-5-7-14(15)9-10-22(4)20(17)26/h5-8,12-13,17-18,24H,9-11H2,1-4H3,(H,21,25)/t13-,17+,18+/m1/s1/i9D2,10D2. The quantitative estimate of drug-likeness (QED) is 0.800. The van der Waals surface area contributed by atoms with Gasteiger partial charge < -0.3 is 15.3 Å². The van der Waals surface area contributed by atoms with Crippen molar-refractivity contribution >= 4 is 17.6 Å². The molecule has 3 atom stereocenters. The summed E-state index contributed by atoms with van der Waals surface area (Å²) in [5.41, 5.74) is 0.131. The largest absolute Gasteiger partial charge is 0.385 e. The molecule has 1 aromatic rings. The molecular weight excluding hydrogens is 332 g/mol. The number of carbonyl (C=O) groups excluding carboxylic acids is 3. The van der Waals surface area contributed by atoms with Crippen LogP contribution >= 0.6 is 0 Å². The van der Waals surface area contributed by atoms with Crippen LogP contribution in [0, 0.1) is 11.8 Å². The number of aryl methyl sites for hydroxylation is 1. The maximum atomic E-state index is 13.0. The van der Waals surface area contributed by atoms with Gasteiger partial charge in [-0.1, -0.05) is 45.0 Å². The van der Waals surface area contributed by atoms with E-state index < -0.39 is 48.5 Å². The van der Waals surface area contributed by atoms with Crippen molar-refractivity contribution in [2.45, 2.75) is 45.7 Å². The minimum absolute atomic E-state index is 0.0306. The van der Waals surface area contributed by atoms with Crippen molar-refractivity contribution in [1.82, 2.24) is 10.2 Å². The molecule has 0 saturated heterocycles. The average Bonchev–Trinajstić information content (AvgIpc) is 2.72. The number of Topliss-reactive ketones (excluding diaryl/α,β-unsaturated/α-hetero) is 1. The molecule has 0 radical (unpaired) electrons. The van der Waals surface area contributed by atoms with Gasteiger partial charge in [-0.05, 0) is 23.4 Å². The van der Waals surface area contributed by atoms with E-state index in [1.807, 2.05) is 0 Å². The van der Waals surface area contributed by atoms with Gasteiger partial charge in [0.15, 0.2) is 5.78 Å². The molecule has 0 bridgehead atoms. The Morgan fingerprint density at radius 3 is 2.65 bits per heavy atom. The molecule has 1 heterocycles. The number of aliphatic hydroxyl groups is 1. The van der Waals surface area contributed by atoms with Crippen LogP contribution in [0.15, 0.2) is 24.3 Å². The number of ketones is 1. The molecule has 6 nitrogen and oxygen atoms in total. The second-order valence-corrected chi connectivity index (χ2v) is 6.92. The second-order valence-electron chi connectivity index (χ2n) is 6.92. The van der Waals surface area contributed by atoms with Crippen molar-refractivity contribution in [2.75, 3.05) is 13.5 Å². The number of hydrogen-bond acceptors (Lipinski definition) is 4. The van der Waals surface area contributed by atoms with Gasteiger partial charge in [-0.25, -0.2) is 0 Å². The molecular formula is C20H28N2O4. The van der Waals surface area contributed by atoms with Gasteiger partial charge in [0.25, 0.3) is 0 Å². The Morgan fingerprint density at radius 1 is 1.35 bits per heavy atom. The zero-order valence-corrected chi connectivity index (χ0v) is 15.4. The summed E-state index contributed by atoms with van der Waals surface area (Å²) in [7, 11) is 1.15. The molecule has 0 aromatic heterocycles. The summed E-state index contributed by atoms with van der Waals surface area (Å²) in [5, 5.41) is 12.4. The molecule has 0 spiro atoms. The van der Waals surface area contributed by atoms with Crippen LogP contribution < -0.4 is 5.32 Å². The van der Waals surface area contributed by atoms with E-state index in [9.17, 15) is 19.5 Å². The maximum Gasteiger partial charge on any atom is 0.249 e. The lowest BCUT2D eigenvalue weighted by atomic mass is 9.94. The third kappa shape index (κ3) is 4.49. The van der Waals surface area contributed by atoms with Gasteiger partial charge in [-0.3, -0.25) is 14.4 Å². The van der Waals surface area contributed by atoms with Crippen molar-refractivity contribution in [2.24, 2.45) is 11.8 Å². The highest BCUT2D eigenvalue weighted by molar-refractivity contribution is 5.92. The van der Waals surface area contributed by atoms with E-state index in [0.29, 0.717) is 4.90 Å². The number of nitrogens with zero attached hydrogens (tertiary/aromatic N) is 1. The van der Waals surface area contributed by atoms with Crippen LogP contribution in [0.4, 0.5) is 0 Å². The Bertz CT molecular complexity index is 844. The summed E-state index contributed by atoms with van der Waals surface area (Å²) in [6.07, 6.45) is -3.92. The van der Waals surface area contributed by atoms with E-state index in [1.54, 1.807) is 19.9 Å². The van der Waals surface area contributed by atoms with Crippen LogP contribution in [-0.4, -0.2) is 47.3 Å². The fourth-order valence-corrected chi connectivity index (χ4v) is 2.70. The summed E-state index contributed by atoms with van der Waals surface area (Å²) in [5.74, 6) is -3.04. The van der Waals surface area contributed by atoms with Crippen LogP contribution in [0.25, 0.3) is 0 Å². The Balaban J connectivity index is 2.35. The summed E-state index contributed by atoms with van der Waals surface area (Å²) in [4.78, 5) is 38.5. The van der Waals surface area contributed by atoms with Crippen molar-refractivity contribution in [3.63, 3.8) is 0 Å². The lowest BCUT2D eigenvalue weighted by Gasteiger charge is -2.24. The normalized spacial score (nSPS) is 25.7. The Labute approximate surface area is 160 Å². The zero-order valence-electron chi connectivity index (χ0n) is 19.4. The molecule has 26 heavy (non-hydrogen) atoms. The molecule has 2 N–H and O–H groups in total. The van der Waals surface area contributed by atoms with Crippen molar-refractivity contribution in [1.29, 1.82) is 0 Å². The molecule has 0 unspecified atom stereocenters. The smallest absolute Gasteiger partial charge is 0.249 e. The number of likely N-dealkylation sites (N-methyl/N-ethyl adjacent to an activating group) is 1. The molecule has 0 saturated carbocycles. The highest BCUT2D eigenvalue weighted by Crippen LogP contribution is 2.25. The van der Waals surface area contributed by atoms with Gasteiger partial charge in [-0.2, -0.15) is 0 Å². The first kappa shape index (κ1) is 14.9. The summed E-state index contributed by atoms with van der Waals surface area (Å²) < 4.78 is 33.0. The summed E-state index contributed by atoms with van der Waals surface area (Å²) >= 11 is 0. The monoisotopic (exact) mass is 364 g/mol. The number of amides is 2. The SMILES string of the molecule is [2H]C1([2H])c2ccccc2[C@H](NC(=O)[C@H](C)CC(=O)[C@@H](O)C(C)C)C(=O)N(C)C1([2H])[2H]. The van der Waals surface area contributed by atoms with Crippen LogP contribution in [0.5, 0.6) is 0 Å². The number of hydrogen-bond donors (Lipinski definition) is 2. The number of rotatable bonds is 6. The van der Waals surface area contributed by atoms with Crippen LogP contribution in [0.1, 0.15) is 49.8 Å². The van der Waals surface area contributed by atoms with Gasteiger partial charge in [0.2, 0.25) is 11.8 Å². The Morgan fingerprint density at radius 2 is 2.00 bits per heavy atom. The van der Waals surface area contributed by atoms with Crippen molar-refractivity contribution in [3.8, 4) is 0 Å². The van der Waals surface area contributed by atoms with Gasteiger partial charge in [0.05, 0.1) is 0 Å². The minimum atomic E-state index is -2.65. The number of carbonyl (C=O) groups is 3. The fourth-order valence-electron chi connectivity index (χ4n) is 2.70. The zero-order chi connectivity index (χ0) is 23.0. The average molecular weight is 364 g/mol. The highest BCUT2D eigenvalue weighted by Gasteiger charge is 2.32.